The monoisotopic (exact) mass is 284 g/mol. The third-order valence-corrected chi connectivity index (χ3v) is 3.33. The molecule has 16 heavy (non-hydrogen) atoms. The molecule has 2 rings (SSSR count). The third kappa shape index (κ3) is 3.12. The van der Waals surface area contributed by atoms with E-state index in [1.54, 1.807) is 0 Å². The highest BCUT2D eigenvalue weighted by Crippen LogP contribution is 2.25. The molecule has 0 radical (unpaired) electrons. The van der Waals surface area contributed by atoms with Crippen LogP contribution in [0.25, 0.3) is 0 Å². The van der Waals surface area contributed by atoms with Gasteiger partial charge in [-0.2, -0.15) is 0 Å². The van der Waals surface area contributed by atoms with Crippen molar-refractivity contribution in [3.63, 3.8) is 0 Å². The molecule has 0 spiro atoms. The molecular weight excluding hydrogens is 268 g/mol. The highest BCUT2D eigenvalue weighted by atomic mass is 79.9. The molecule has 0 saturated carbocycles. The lowest BCUT2D eigenvalue weighted by atomic mass is 10.3. The van der Waals surface area contributed by atoms with Crippen LogP contribution in [0.4, 0.5) is 5.69 Å². The van der Waals surface area contributed by atoms with Crippen LogP contribution in [-0.4, -0.2) is 31.1 Å². The molecule has 1 saturated heterocycles. The molecule has 4 heteroatoms. The second-order valence-electron chi connectivity index (χ2n) is 4.08. The summed E-state index contributed by atoms with van der Waals surface area (Å²) in [5.41, 5.74) is 6.54. The summed E-state index contributed by atoms with van der Waals surface area (Å²) in [5.74, 6) is 0.780. The van der Waals surface area contributed by atoms with Crippen molar-refractivity contribution in [1.82, 2.24) is 4.90 Å². The highest BCUT2D eigenvalue weighted by Gasteiger charge is 2.11. The van der Waals surface area contributed by atoms with E-state index in [0.29, 0.717) is 12.3 Å². The van der Waals surface area contributed by atoms with Crippen molar-refractivity contribution in [3.8, 4) is 5.75 Å². The number of likely N-dealkylation sites (tertiary alicyclic amines) is 1. The Bertz CT molecular complexity index is 351. The average molecular weight is 285 g/mol. The van der Waals surface area contributed by atoms with E-state index in [9.17, 15) is 0 Å². The maximum Gasteiger partial charge on any atom is 0.142 e. The van der Waals surface area contributed by atoms with Crippen molar-refractivity contribution in [2.45, 2.75) is 12.8 Å². The SMILES string of the molecule is Nc1cc(Br)ccc1OCCN1CCCC1. The Morgan fingerprint density at radius 2 is 2.06 bits per heavy atom. The van der Waals surface area contributed by atoms with E-state index in [2.05, 4.69) is 20.8 Å². The molecule has 0 aromatic heterocycles. The first-order valence-corrected chi connectivity index (χ1v) is 6.45. The Labute approximate surface area is 105 Å². The van der Waals surface area contributed by atoms with Crippen LogP contribution in [0.2, 0.25) is 0 Å². The van der Waals surface area contributed by atoms with E-state index in [1.165, 1.54) is 25.9 Å². The molecule has 0 amide bonds. The number of rotatable bonds is 4. The minimum absolute atomic E-state index is 0.691. The predicted octanol–water partition coefficient (Wildman–Crippen LogP) is 2.51. The number of ether oxygens (including phenoxy) is 1. The van der Waals surface area contributed by atoms with Crippen molar-refractivity contribution in [1.29, 1.82) is 0 Å². The first kappa shape index (κ1) is 11.7. The first-order chi connectivity index (χ1) is 7.75. The molecule has 3 nitrogen and oxygen atoms in total. The van der Waals surface area contributed by atoms with E-state index >= 15 is 0 Å². The van der Waals surface area contributed by atoms with Crippen molar-refractivity contribution >= 4 is 21.6 Å². The summed E-state index contributed by atoms with van der Waals surface area (Å²) in [4.78, 5) is 2.43. The first-order valence-electron chi connectivity index (χ1n) is 5.66. The second kappa shape index (κ2) is 5.55. The van der Waals surface area contributed by atoms with Gasteiger partial charge in [0.05, 0.1) is 5.69 Å². The van der Waals surface area contributed by atoms with E-state index in [-0.39, 0.29) is 0 Å². The molecule has 0 aliphatic carbocycles. The Kier molecular flexibility index (Phi) is 4.07. The number of benzene rings is 1. The number of nitrogens with zero attached hydrogens (tertiary/aromatic N) is 1. The van der Waals surface area contributed by atoms with Crippen LogP contribution >= 0.6 is 15.9 Å². The fraction of sp³-hybridized carbons (Fsp3) is 0.500. The molecule has 0 bridgehead atoms. The number of nitrogens with two attached hydrogens (primary N) is 1. The van der Waals surface area contributed by atoms with Gasteiger partial charge in [0, 0.05) is 11.0 Å². The predicted molar refractivity (Wildman–Crippen MR) is 69.7 cm³/mol. The van der Waals surface area contributed by atoms with Gasteiger partial charge in [-0.1, -0.05) is 15.9 Å². The van der Waals surface area contributed by atoms with Gasteiger partial charge in [0.25, 0.3) is 0 Å². The summed E-state index contributed by atoms with van der Waals surface area (Å²) < 4.78 is 6.65. The molecular formula is C12H17BrN2O. The average Bonchev–Trinajstić information content (AvgIpc) is 2.74. The van der Waals surface area contributed by atoms with Crippen LogP contribution in [0.3, 0.4) is 0 Å². The molecule has 1 fully saturated rings. The zero-order valence-corrected chi connectivity index (χ0v) is 10.9. The smallest absolute Gasteiger partial charge is 0.142 e. The van der Waals surface area contributed by atoms with Crippen molar-refractivity contribution in [2.24, 2.45) is 0 Å². The van der Waals surface area contributed by atoms with Gasteiger partial charge in [0.2, 0.25) is 0 Å². The minimum Gasteiger partial charge on any atom is -0.490 e. The summed E-state index contributed by atoms with van der Waals surface area (Å²) >= 11 is 3.37. The lowest BCUT2D eigenvalue weighted by Gasteiger charge is -2.15. The number of anilines is 1. The summed E-state index contributed by atoms with van der Waals surface area (Å²) in [6.45, 7) is 4.12. The van der Waals surface area contributed by atoms with Crippen LogP contribution in [0.5, 0.6) is 5.75 Å². The van der Waals surface area contributed by atoms with Gasteiger partial charge in [-0.25, -0.2) is 0 Å². The third-order valence-electron chi connectivity index (χ3n) is 2.84. The van der Waals surface area contributed by atoms with Crippen molar-refractivity contribution in [2.75, 3.05) is 32.0 Å². The van der Waals surface area contributed by atoms with Gasteiger partial charge >= 0.3 is 0 Å². The van der Waals surface area contributed by atoms with Crippen molar-refractivity contribution < 1.29 is 4.74 Å². The second-order valence-corrected chi connectivity index (χ2v) is 5.00. The van der Waals surface area contributed by atoms with Gasteiger partial charge in [-0.3, -0.25) is 4.90 Å². The molecule has 1 heterocycles. The molecule has 0 atom stereocenters. The molecule has 1 aliphatic heterocycles. The zero-order valence-electron chi connectivity index (χ0n) is 9.29. The molecule has 88 valence electrons. The molecule has 1 aliphatic rings. The Balaban J connectivity index is 1.80. The van der Waals surface area contributed by atoms with E-state index in [4.69, 9.17) is 10.5 Å². The van der Waals surface area contributed by atoms with E-state index in [0.717, 1.165) is 16.8 Å². The largest absolute Gasteiger partial charge is 0.490 e. The van der Waals surface area contributed by atoms with Crippen molar-refractivity contribution in [3.05, 3.63) is 22.7 Å². The highest BCUT2D eigenvalue weighted by molar-refractivity contribution is 9.10. The van der Waals surface area contributed by atoms with Crippen LogP contribution in [-0.2, 0) is 0 Å². The number of halogens is 1. The standard InChI is InChI=1S/C12H17BrN2O/c13-10-3-4-12(11(14)9-10)16-8-7-15-5-1-2-6-15/h3-4,9H,1-2,5-8,14H2. The quantitative estimate of drug-likeness (QED) is 0.864. The summed E-state index contributed by atoms with van der Waals surface area (Å²) in [5, 5.41) is 0. The summed E-state index contributed by atoms with van der Waals surface area (Å²) in [6, 6.07) is 5.72. The number of hydrogen-bond donors (Lipinski definition) is 1. The Morgan fingerprint density at radius 1 is 1.31 bits per heavy atom. The van der Waals surface area contributed by atoms with Gasteiger partial charge < -0.3 is 10.5 Å². The summed E-state index contributed by atoms with van der Waals surface area (Å²) in [6.07, 6.45) is 2.64. The van der Waals surface area contributed by atoms with Gasteiger partial charge in [-0.05, 0) is 44.1 Å². The normalized spacial score (nSPS) is 16.6. The minimum atomic E-state index is 0.691. The Hall–Kier alpha value is -0.740. The maximum atomic E-state index is 5.85. The van der Waals surface area contributed by atoms with Gasteiger partial charge in [-0.15, -0.1) is 0 Å². The van der Waals surface area contributed by atoms with Crippen LogP contribution in [0, 0.1) is 0 Å². The molecule has 0 unspecified atom stereocenters. The van der Waals surface area contributed by atoms with Gasteiger partial charge in [0.15, 0.2) is 0 Å². The number of nitrogen functional groups attached to an aromatic ring is 1. The molecule has 2 N–H and O–H groups in total. The van der Waals surface area contributed by atoms with Crippen LogP contribution in [0.15, 0.2) is 22.7 Å². The lowest BCUT2D eigenvalue weighted by molar-refractivity contribution is 0.238. The van der Waals surface area contributed by atoms with Gasteiger partial charge in [0.1, 0.15) is 12.4 Å². The van der Waals surface area contributed by atoms with E-state index in [1.807, 2.05) is 18.2 Å². The molecule has 1 aromatic rings. The topological polar surface area (TPSA) is 38.5 Å². The zero-order chi connectivity index (χ0) is 11.4. The van der Waals surface area contributed by atoms with Crippen LogP contribution < -0.4 is 10.5 Å². The maximum absolute atomic E-state index is 5.85. The fourth-order valence-corrected chi connectivity index (χ4v) is 2.32. The van der Waals surface area contributed by atoms with E-state index < -0.39 is 0 Å². The fourth-order valence-electron chi connectivity index (χ4n) is 1.94. The summed E-state index contributed by atoms with van der Waals surface area (Å²) in [7, 11) is 0. The Morgan fingerprint density at radius 3 is 2.75 bits per heavy atom. The number of hydrogen-bond acceptors (Lipinski definition) is 3. The molecule has 1 aromatic carbocycles. The lowest BCUT2D eigenvalue weighted by Crippen LogP contribution is -2.25. The van der Waals surface area contributed by atoms with Crippen LogP contribution in [0.1, 0.15) is 12.8 Å².